The Balaban J connectivity index is 2.54. The number of carbonyl (C=O) groups is 1. The van der Waals surface area contributed by atoms with Crippen molar-refractivity contribution in [2.45, 2.75) is 71.5 Å². The monoisotopic (exact) mass is 288 g/mol. The second-order valence-electron chi connectivity index (χ2n) is 7.30. The maximum atomic E-state index is 12.6. The van der Waals surface area contributed by atoms with Crippen LogP contribution in [0.25, 0.3) is 0 Å². The van der Waals surface area contributed by atoms with Crippen molar-refractivity contribution in [2.75, 3.05) is 0 Å². The van der Waals surface area contributed by atoms with E-state index in [0.29, 0.717) is 6.42 Å². The number of nitrogens with two attached hydrogens (primary N) is 1. The van der Waals surface area contributed by atoms with Gasteiger partial charge < -0.3 is 10.6 Å². The van der Waals surface area contributed by atoms with Crippen LogP contribution < -0.4 is 5.73 Å². The number of hydrogen-bond donors (Lipinski definition) is 1. The lowest BCUT2D eigenvalue weighted by molar-refractivity contribution is -0.139. The highest BCUT2D eigenvalue weighted by molar-refractivity contribution is 5.78. The molecular formula is C18H28N2O. The number of likely N-dealkylation sites (tertiary alicyclic amines) is 1. The molecule has 1 heterocycles. The molecule has 1 aliphatic rings. The number of aryl methyl sites for hydroxylation is 2. The third kappa shape index (κ3) is 3.29. The minimum atomic E-state index is -0.221. The van der Waals surface area contributed by atoms with Crippen molar-refractivity contribution in [2.24, 2.45) is 5.73 Å². The molecule has 0 aromatic heterocycles. The molecule has 2 unspecified atom stereocenters. The minimum absolute atomic E-state index is 0.00270. The first-order valence-corrected chi connectivity index (χ1v) is 7.86. The summed E-state index contributed by atoms with van der Waals surface area (Å²) in [6.45, 7) is 10.5. The summed E-state index contributed by atoms with van der Waals surface area (Å²) in [4.78, 5) is 14.7. The fourth-order valence-corrected chi connectivity index (χ4v) is 3.43. The molecule has 0 bridgehead atoms. The van der Waals surface area contributed by atoms with Crippen LogP contribution >= 0.6 is 0 Å². The molecule has 0 spiro atoms. The molecule has 1 aromatic rings. The predicted molar refractivity (Wildman–Crippen MR) is 87.1 cm³/mol. The van der Waals surface area contributed by atoms with E-state index in [9.17, 15) is 4.79 Å². The van der Waals surface area contributed by atoms with Gasteiger partial charge in [-0.1, -0.05) is 23.8 Å². The first kappa shape index (κ1) is 16.0. The van der Waals surface area contributed by atoms with Crippen LogP contribution in [0.3, 0.4) is 0 Å². The van der Waals surface area contributed by atoms with Gasteiger partial charge in [0.25, 0.3) is 0 Å². The molecule has 0 saturated carbocycles. The molecule has 1 amide bonds. The van der Waals surface area contributed by atoms with E-state index in [1.807, 2.05) is 4.90 Å². The standard InChI is InChI=1S/C18H28N2O/c1-12-9-10-14(13(2)11-12)17-15(19)7-6-8-16(21)20(17)18(3,4)5/h9-11,15,17H,6-8,19H2,1-5H3. The number of hydrogen-bond acceptors (Lipinski definition) is 2. The van der Waals surface area contributed by atoms with Crippen molar-refractivity contribution < 1.29 is 4.79 Å². The van der Waals surface area contributed by atoms with E-state index in [4.69, 9.17) is 5.73 Å². The Morgan fingerprint density at radius 2 is 1.90 bits per heavy atom. The summed E-state index contributed by atoms with van der Waals surface area (Å²) in [5.41, 5.74) is 9.91. The van der Waals surface area contributed by atoms with E-state index in [0.717, 1.165) is 12.8 Å². The quantitative estimate of drug-likeness (QED) is 0.860. The molecule has 0 radical (unpaired) electrons. The molecule has 2 N–H and O–H groups in total. The molecule has 2 atom stereocenters. The van der Waals surface area contributed by atoms with Gasteiger partial charge in [-0.05, 0) is 58.6 Å². The SMILES string of the molecule is Cc1ccc(C2C(N)CCCC(=O)N2C(C)(C)C)c(C)c1. The largest absolute Gasteiger partial charge is 0.329 e. The van der Waals surface area contributed by atoms with Crippen LogP contribution in [0.15, 0.2) is 18.2 Å². The lowest BCUT2D eigenvalue weighted by Crippen LogP contribution is -2.51. The molecule has 0 aliphatic carbocycles. The van der Waals surface area contributed by atoms with Gasteiger partial charge in [0.1, 0.15) is 0 Å². The van der Waals surface area contributed by atoms with Gasteiger partial charge in [-0.3, -0.25) is 4.79 Å². The van der Waals surface area contributed by atoms with Crippen molar-refractivity contribution in [1.82, 2.24) is 4.90 Å². The third-order valence-electron chi connectivity index (χ3n) is 4.35. The van der Waals surface area contributed by atoms with Crippen LogP contribution in [0.1, 0.15) is 62.8 Å². The Labute approximate surface area is 128 Å². The Morgan fingerprint density at radius 1 is 1.24 bits per heavy atom. The normalized spacial score (nSPS) is 24.1. The molecule has 2 rings (SSSR count). The number of carbonyl (C=O) groups excluding carboxylic acids is 1. The minimum Gasteiger partial charge on any atom is -0.329 e. The van der Waals surface area contributed by atoms with Gasteiger partial charge in [-0.2, -0.15) is 0 Å². The number of nitrogens with zero attached hydrogens (tertiary/aromatic N) is 1. The van der Waals surface area contributed by atoms with Crippen molar-refractivity contribution in [3.05, 3.63) is 34.9 Å². The van der Waals surface area contributed by atoms with Crippen LogP contribution in [0, 0.1) is 13.8 Å². The maximum absolute atomic E-state index is 12.6. The van der Waals surface area contributed by atoms with Gasteiger partial charge >= 0.3 is 0 Å². The Bertz CT molecular complexity index is 531. The van der Waals surface area contributed by atoms with E-state index in [1.165, 1.54) is 16.7 Å². The zero-order valence-corrected chi connectivity index (χ0v) is 13.9. The van der Waals surface area contributed by atoms with Gasteiger partial charge in [0, 0.05) is 18.0 Å². The van der Waals surface area contributed by atoms with E-state index in [2.05, 4.69) is 52.8 Å². The molecule has 116 valence electrons. The Hall–Kier alpha value is -1.35. The van der Waals surface area contributed by atoms with E-state index >= 15 is 0 Å². The van der Waals surface area contributed by atoms with Crippen LogP contribution in [0.4, 0.5) is 0 Å². The van der Waals surface area contributed by atoms with Crippen LogP contribution in [0.5, 0.6) is 0 Å². The third-order valence-corrected chi connectivity index (χ3v) is 4.35. The summed E-state index contributed by atoms with van der Waals surface area (Å²) in [6, 6.07) is 6.41. The average molecular weight is 288 g/mol. The summed E-state index contributed by atoms with van der Waals surface area (Å²) < 4.78 is 0. The summed E-state index contributed by atoms with van der Waals surface area (Å²) in [5.74, 6) is 0.223. The van der Waals surface area contributed by atoms with Crippen LogP contribution in [-0.4, -0.2) is 22.4 Å². The summed E-state index contributed by atoms with van der Waals surface area (Å²) in [5, 5.41) is 0. The van der Waals surface area contributed by atoms with Gasteiger partial charge in [0.2, 0.25) is 5.91 Å². The van der Waals surface area contributed by atoms with E-state index < -0.39 is 0 Å². The van der Waals surface area contributed by atoms with Crippen molar-refractivity contribution in [1.29, 1.82) is 0 Å². The lowest BCUT2D eigenvalue weighted by atomic mass is 9.89. The average Bonchev–Trinajstić information content (AvgIpc) is 2.48. The smallest absolute Gasteiger partial charge is 0.223 e. The second kappa shape index (κ2) is 5.80. The zero-order valence-electron chi connectivity index (χ0n) is 13.9. The summed E-state index contributed by atoms with van der Waals surface area (Å²) in [7, 11) is 0. The Kier molecular flexibility index (Phi) is 4.43. The van der Waals surface area contributed by atoms with E-state index in [1.54, 1.807) is 0 Å². The van der Waals surface area contributed by atoms with Crippen LogP contribution in [0.2, 0.25) is 0 Å². The predicted octanol–water partition coefficient (Wildman–Crippen LogP) is 3.48. The van der Waals surface area contributed by atoms with Gasteiger partial charge in [-0.25, -0.2) is 0 Å². The number of benzene rings is 1. The van der Waals surface area contributed by atoms with Crippen molar-refractivity contribution >= 4 is 5.91 Å². The lowest BCUT2D eigenvalue weighted by Gasteiger charge is -2.43. The molecule has 21 heavy (non-hydrogen) atoms. The van der Waals surface area contributed by atoms with Gasteiger partial charge in [-0.15, -0.1) is 0 Å². The first-order valence-electron chi connectivity index (χ1n) is 7.86. The second-order valence-corrected chi connectivity index (χ2v) is 7.30. The molecule has 3 nitrogen and oxygen atoms in total. The van der Waals surface area contributed by atoms with Gasteiger partial charge in [0.05, 0.1) is 6.04 Å². The molecular weight excluding hydrogens is 260 g/mol. The number of rotatable bonds is 1. The fraction of sp³-hybridized carbons (Fsp3) is 0.611. The highest BCUT2D eigenvalue weighted by Crippen LogP contribution is 2.36. The van der Waals surface area contributed by atoms with Crippen molar-refractivity contribution in [3.8, 4) is 0 Å². The topological polar surface area (TPSA) is 46.3 Å². The summed E-state index contributed by atoms with van der Waals surface area (Å²) in [6.07, 6.45) is 2.39. The van der Waals surface area contributed by atoms with Gasteiger partial charge in [0.15, 0.2) is 0 Å². The fourth-order valence-electron chi connectivity index (χ4n) is 3.43. The maximum Gasteiger partial charge on any atom is 0.223 e. The molecule has 1 saturated heterocycles. The first-order chi connectivity index (χ1) is 9.71. The highest BCUT2D eigenvalue weighted by Gasteiger charge is 2.39. The molecule has 1 fully saturated rings. The van der Waals surface area contributed by atoms with Crippen LogP contribution in [-0.2, 0) is 4.79 Å². The zero-order chi connectivity index (χ0) is 15.8. The molecule has 1 aromatic carbocycles. The summed E-state index contributed by atoms with van der Waals surface area (Å²) >= 11 is 0. The molecule has 1 aliphatic heterocycles. The highest BCUT2D eigenvalue weighted by atomic mass is 16.2. The van der Waals surface area contributed by atoms with Crippen molar-refractivity contribution in [3.63, 3.8) is 0 Å². The van der Waals surface area contributed by atoms with E-state index in [-0.39, 0.29) is 23.5 Å². The molecule has 3 heteroatoms. The number of amides is 1. The Morgan fingerprint density at radius 3 is 2.48 bits per heavy atom.